The van der Waals surface area contributed by atoms with Crippen molar-refractivity contribution in [3.05, 3.63) is 70.5 Å². The second-order valence-electron chi connectivity index (χ2n) is 6.49. The summed E-state index contributed by atoms with van der Waals surface area (Å²) in [4.78, 5) is 23.6. The number of rotatable bonds is 7. The topological polar surface area (TPSA) is 116 Å². The van der Waals surface area contributed by atoms with Gasteiger partial charge in [-0.2, -0.15) is 5.26 Å². The molecule has 2 aromatic heterocycles. The third-order valence-corrected chi connectivity index (χ3v) is 5.69. The van der Waals surface area contributed by atoms with E-state index in [1.165, 1.54) is 11.3 Å². The fourth-order valence-corrected chi connectivity index (χ4v) is 4.13. The van der Waals surface area contributed by atoms with Gasteiger partial charge in [-0.25, -0.2) is 18.1 Å². The number of aromatic nitrogens is 2. The lowest BCUT2D eigenvalue weighted by molar-refractivity contribution is 0.0977. The zero-order chi connectivity index (χ0) is 21.7. The molecule has 0 aliphatic rings. The highest BCUT2D eigenvalue weighted by Gasteiger charge is 2.22. The normalized spacial score (nSPS) is 11.0. The van der Waals surface area contributed by atoms with E-state index in [0.717, 1.165) is 17.6 Å². The molecular weight excluding hydrogens is 422 g/mol. The van der Waals surface area contributed by atoms with Crippen LogP contribution < -0.4 is 9.62 Å². The number of aryl methyl sites for hydroxylation is 1. The van der Waals surface area contributed by atoms with Gasteiger partial charge in [0, 0.05) is 35.4 Å². The van der Waals surface area contributed by atoms with Crippen LogP contribution in [0.1, 0.15) is 26.6 Å². The van der Waals surface area contributed by atoms with Crippen molar-refractivity contribution in [2.24, 2.45) is 0 Å². The molecule has 0 aliphatic heterocycles. The van der Waals surface area contributed by atoms with Crippen LogP contribution in [0.4, 0.5) is 10.8 Å². The van der Waals surface area contributed by atoms with Gasteiger partial charge in [0.05, 0.1) is 17.9 Å². The summed E-state index contributed by atoms with van der Waals surface area (Å²) in [5.41, 5.74) is 2.30. The lowest BCUT2D eigenvalue weighted by Crippen LogP contribution is -2.30. The van der Waals surface area contributed by atoms with Crippen molar-refractivity contribution >= 4 is 38.1 Å². The predicted molar refractivity (Wildman–Crippen MR) is 115 cm³/mol. The van der Waals surface area contributed by atoms with Crippen LogP contribution in [0.25, 0.3) is 0 Å². The van der Waals surface area contributed by atoms with E-state index in [-0.39, 0.29) is 5.69 Å². The fourth-order valence-electron chi connectivity index (χ4n) is 2.75. The average molecular weight is 442 g/mol. The highest BCUT2D eigenvalue weighted by Crippen LogP contribution is 2.32. The highest BCUT2D eigenvalue weighted by molar-refractivity contribution is 7.89. The molecule has 1 N–H and O–H groups in total. The lowest BCUT2D eigenvalue weighted by atomic mass is 10.2. The minimum atomic E-state index is -3.69. The van der Waals surface area contributed by atoms with E-state index >= 15 is 0 Å². The van der Waals surface area contributed by atoms with Gasteiger partial charge in [0.1, 0.15) is 5.69 Å². The summed E-state index contributed by atoms with van der Waals surface area (Å²) >= 11 is 1.29. The number of nitrogens with zero attached hydrogens (tertiary/aromatic N) is 4. The summed E-state index contributed by atoms with van der Waals surface area (Å²) in [7, 11) is -3.69. The first kappa shape index (κ1) is 21.4. The molecule has 0 bridgehead atoms. The molecule has 0 radical (unpaired) electrons. The Morgan fingerprint density at radius 1 is 1.23 bits per heavy atom. The van der Waals surface area contributed by atoms with E-state index in [1.807, 2.05) is 40.0 Å². The van der Waals surface area contributed by atoms with Crippen molar-refractivity contribution in [3.8, 4) is 6.07 Å². The van der Waals surface area contributed by atoms with Gasteiger partial charge in [-0.3, -0.25) is 9.78 Å². The van der Waals surface area contributed by atoms with E-state index in [9.17, 15) is 13.2 Å². The van der Waals surface area contributed by atoms with Crippen molar-refractivity contribution in [1.29, 1.82) is 5.26 Å². The maximum atomic E-state index is 12.3. The first-order chi connectivity index (χ1) is 14.3. The van der Waals surface area contributed by atoms with Crippen LogP contribution in [0.3, 0.4) is 0 Å². The highest BCUT2D eigenvalue weighted by atomic mass is 32.2. The smallest absolute Gasteiger partial charge is 0.284 e. The van der Waals surface area contributed by atoms with E-state index in [0.29, 0.717) is 28.5 Å². The van der Waals surface area contributed by atoms with Crippen LogP contribution in [0.5, 0.6) is 0 Å². The fraction of sp³-hybridized carbons (Fsp3) is 0.200. The second-order valence-corrected chi connectivity index (χ2v) is 9.42. The zero-order valence-corrected chi connectivity index (χ0v) is 18.0. The van der Waals surface area contributed by atoms with Crippen molar-refractivity contribution < 1.29 is 13.2 Å². The molecule has 0 aliphatic carbocycles. The molecule has 154 valence electrons. The summed E-state index contributed by atoms with van der Waals surface area (Å²) in [6, 6.07) is 14.8. The molecule has 1 amide bonds. The van der Waals surface area contributed by atoms with Gasteiger partial charge < -0.3 is 4.90 Å². The van der Waals surface area contributed by atoms with Crippen molar-refractivity contribution in [2.45, 2.75) is 13.3 Å². The minimum Gasteiger partial charge on any atom is -0.317 e. The largest absolute Gasteiger partial charge is 0.317 e. The summed E-state index contributed by atoms with van der Waals surface area (Å²) < 4.78 is 24.8. The third-order valence-electron chi connectivity index (χ3n) is 4.14. The standard InChI is InChI=1S/C20H19N5O3S2/c1-14-18(19(26)24-30(2,27)28)23-20(29-14)25(12-10-16-5-3-4-11-22-16)17-8-6-15(13-21)7-9-17/h3-9,11H,10,12H2,1-2H3,(H,24,26). The molecule has 0 spiro atoms. The molecule has 3 aromatic rings. The molecular formula is C20H19N5O3S2. The van der Waals surface area contributed by atoms with Crippen LogP contribution in [0.2, 0.25) is 0 Å². The Labute approximate surface area is 178 Å². The molecule has 0 atom stereocenters. The number of sulfonamides is 1. The Hall–Kier alpha value is -3.29. The number of nitriles is 1. The van der Waals surface area contributed by atoms with Gasteiger partial charge in [-0.05, 0) is 43.3 Å². The average Bonchev–Trinajstić information content (AvgIpc) is 3.10. The van der Waals surface area contributed by atoms with Crippen molar-refractivity contribution in [2.75, 3.05) is 17.7 Å². The number of hydrogen-bond acceptors (Lipinski definition) is 8. The molecule has 1 aromatic carbocycles. The SMILES string of the molecule is Cc1sc(N(CCc2ccccn2)c2ccc(C#N)cc2)nc1C(=O)NS(C)(=O)=O. The first-order valence-electron chi connectivity index (χ1n) is 8.94. The van der Waals surface area contributed by atoms with Gasteiger partial charge in [0.2, 0.25) is 10.0 Å². The summed E-state index contributed by atoms with van der Waals surface area (Å²) in [5.74, 6) is -0.762. The van der Waals surface area contributed by atoms with Gasteiger partial charge in [0.15, 0.2) is 5.13 Å². The zero-order valence-electron chi connectivity index (χ0n) is 16.4. The molecule has 2 heterocycles. The monoisotopic (exact) mass is 441 g/mol. The number of carbonyl (C=O) groups excluding carboxylic acids is 1. The molecule has 30 heavy (non-hydrogen) atoms. The third kappa shape index (κ3) is 5.40. The number of nitrogens with one attached hydrogen (secondary N) is 1. The van der Waals surface area contributed by atoms with Gasteiger partial charge >= 0.3 is 0 Å². The Balaban J connectivity index is 1.94. The Morgan fingerprint density at radius 2 is 1.97 bits per heavy atom. The van der Waals surface area contributed by atoms with E-state index in [1.54, 1.807) is 25.3 Å². The Bertz CT molecular complexity index is 1180. The number of hydrogen-bond donors (Lipinski definition) is 1. The van der Waals surface area contributed by atoms with Crippen molar-refractivity contribution in [3.63, 3.8) is 0 Å². The van der Waals surface area contributed by atoms with E-state index < -0.39 is 15.9 Å². The van der Waals surface area contributed by atoms with Crippen LogP contribution in [-0.2, 0) is 16.4 Å². The van der Waals surface area contributed by atoms with Gasteiger partial charge in [-0.1, -0.05) is 6.07 Å². The lowest BCUT2D eigenvalue weighted by Gasteiger charge is -2.22. The number of thiazole rings is 1. The summed E-state index contributed by atoms with van der Waals surface area (Å²) in [5, 5.41) is 9.60. The Kier molecular flexibility index (Phi) is 6.44. The maximum absolute atomic E-state index is 12.3. The van der Waals surface area contributed by atoms with Crippen molar-refractivity contribution in [1.82, 2.24) is 14.7 Å². The van der Waals surface area contributed by atoms with E-state index in [2.05, 4.69) is 16.0 Å². The molecule has 0 saturated heterocycles. The number of carbonyl (C=O) groups is 1. The summed E-state index contributed by atoms with van der Waals surface area (Å²) in [6.45, 7) is 2.25. The molecule has 8 nitrogen and oxygen atoms in total. The molecule has 10 heteroatoms. The van der Waals surface area contributed by atoms with Crippen LogP contribution in [0, 0.1) is 18.3 Å². The summed E-state index contributed by atoms with van der Waals surface area (Å²) in [6.07, 6.45) is 3.27. The molecule has 3 rings (SSSR count). The maximum Gasteiger partial charge on any atom is 0.284 e. The molecule has 0 unspecified atom stereocenters. The van der Waals surface area contributed by atoms with Crippen LogP contribution in [-0.4, -0.2) is 37.1 Å². The second kappa shape index (κ2) is 9.02. The number of benzene rings is 1. The number of pyridine rings is 1. The van der Waals surface area contributed by atoms with Gasteiger partial charge in [0.25, 0.3) is 5.91 Å². The number of amides is 1. The Morgan fingerprint density at radius 3 is 2.57 bits per heavy atom. The quantitative estimate of drug-likeness (QED) is 0.599. The van der Waals surface area contributed by atoms with E-state index in [4.69, 9.17) is 5.26 Å². The molecule has 0 saturated carbocycles. The first-order valence-corrected chi connectivity index (χ1v) is 11.6. The van der Waals surface area contributed by atoms with Gasteiger partial charge in [-0.15, -0.1) is 11.3 Å². The predicted octanol–water partition coefficient (Wildman–Crippen LogP) is 2.79. The van der Waals surface area contributed by atoms with Crippen LogP contribution in [0.15, 0.2) is 48.7 Å². The molecule has 0 fully saturated rings. The van der Waals surface area contributed by atoms with Crippen LogP contribution >= 0.6 is 11.3 Å². The minimum absolute atomic E-state index is 0.0666. The number of anilines is 2.